The van der Waals surface area contributed by atoms with Crippen LogP contribution in [-0.4, -0.2) is 33.8 Å². The zero-order valence-electron chi connectivity index (χ0n) is 17.4. The molecule has 0 fully saturated rings. The molecule has 23 heavy (non-hydrogen) atoms. The van der Waals surface area contributed by atoms with Gasteiger partial charge >= 0.3 is 0 Å². The first-order chi connectivity index (χ1) is 10.2. The molecular formula is C18H41IO2Si2. The Morgan fingerprint density at radius 1 is 0.870 bits per heavy atom. The Balaban J connectivity index is 5.14. The lowest BCUT2D eigenvalue weighted by molar-refractivity contribution is 0.123. The van der Waals surface area contributed by atoms with E-state index in [2.05, 4.69) is 98.0 Å². The molecule has 0 unspecified atom stereocenters. The Bertz CT molecular complexity index is 328. The van der Waals surface area contributed by atoms with Crippen molar-refractivity contribution in [1.29, 1.82) is 0 Å². The van der Waals surface area contributed by atoms with Gasteiger partial charge in [0.1, 0.15) is 0 Å². The smallest absolute Gasteiger partial charge is 0.200 e. The van der Waals surface area contributed by atoms with Crippen molar-refractivity contribution in [3.05, 3.63) is 0 Å². The summed E-state index contributed by atoms with van der Waals surface area (Å²) in [6.45, 7) is 26.4. The van der Waals surface area contributed by atoms with Crippen LogP contribution in [0.2, 0.25) is 34.8 Å². The topological polar surface area (TPSA) is 18.5 Å². The van der Waals surface area contributed by atoms with Crippen LogP contribution >= 0.6 is 22.6 Å². The summed E-state index contributed by atoms with van der Waals surface area (Å²) >= 11 is 2.45. The molecule has 0 saturated heterocycles. The Kier molecular flexibility index (Phi) is 9.58. The lowest BCUT2D eigenvalue weighted by Gasteiger charge is -2.44. The molecule has 0 aromatic heterocycles. The predicted molar refractivity (Wildman–Crippen MR) is 118 cm³/mol. The molecule has 1 atom stereocenters. The van der Waals surface area contributed by atoms with Gasteiger partial charge < -0.3 is 8.85 Å². The van der Waals surface area contributed by atoms with Crippen molar-refractivity contribution >= 4 is 39.2 Å². The van der Waals surface area contributed by atoms with Crippen LogP contribution in [0, 0.1) is 0 Å². The Morgan fingerprint density at radius 3 is 1.52 bits per heavy atom. The zero-order valence-corrected chi connectivity index (χ0v) is 21.6. The van der Waals surface area contributed by atoms with Crippen molar-refractivity contribution in [2.24, 2.45) is 0 Å². The maximum absolute atomic E-state index is 6.76. The fraction of sp³-hybridized carbons (Fsp3) is 1.00. The van der Waals surface area contributed by atoms with Crippen molar-refractivity contribution in [3.63, 3.8) is 0 Å². The van der Waals surface area contributed by atoms with Gasteiger partial charge in [-0.25, -0.2) is 0 Å². The largest absolute Gasteiger partial charge is 0.413 e. The third-order valence-electron chi connectivity index (χ3n) is 5.67. The molecule has 0 aromatic rings. The van der Waals surface area contributed by atoms with E-state index in [4.69, 9.17) is 8.85 Å². The molecule has 0 aromatic carbocycles. The highest BCUT2D eigenvalue weighted by Crippen LogP contribution is 2.43. The number of alkyl halides is 1. The van der Waals surface area contributed by atoms with Gasteiger partial charge in [-0.2, -0.15) is 0 Å². The second-order valence-corrected chi connectivity index (χ2v) is 20.4. The van der Waals surface area contributed by atoms with Gasteiger partial charge in [0.2, 0.25) is 0 Å². The lowest BCUT2D eigenvalue weighted by atomic mass is 10.2. The third-order valence-corrected chi connectivity index (χ3v) is 17.3. The van der Waals surface area contributed by atoms with E-state index in [0.717, 1.165) is 11.0 Å². The number of hydrogen-bond acceptors (Lipinski definition) is 2. The minimum Gasteiger partial charge on any atom is -0.413 e. The van der Waals surface area contributed by atoms with Crippen molar-refractivity contribution in [1.82, 2.24) is 0 Å². The highest BCUT2D eigenvalue weighted by atomic mass is 127. The van der Waals surface area contributed by atoms with E-state index in [0.29, 0.717) is 16.6 Å². The molecule has 2 nitrogen and oxygen atoms in total. The van der Waals surface area contributed by atoms with Crippen molar-refractivity contribution in [3.8, 4) is 0 Å². The monoisotopic (exact) mass is 472 g/mol. The van der Waals surface area contributed by atoms with E-state index in [1.54, 1.807) is 0 Å². The highest BCUT2D eigenvalue weighted by molar-refractivity contribution is 14.1. The quantitative estimate of drug-likeness (QED) is 0.204. The maximum atomic E-state index is 6.76. The van der Waals surface area contributed by atoms with Crippen LogP contribution in [0.3, 0.4) is 0 Å². The number of rotatable bonds is 9. The molecule has 0 aliphatic heterocycles. The summed E-state index contributed by atoms with van der Waals surface area (Å²) in [4.78, 5) is 0. The standard InChI is InChI=1S/C18H41IO2Si2/c1-14(2)23(15(3)4,16(5)6)20-13-17(12-19)21-22(10,11)18(7,8)9/h14-17H,12-13H2,1-11H3/t17-/m1/s1. The van der Waals surface area contributed by atoms with Gasteiger partial charge in [0.05, 0.1) is 12.7 Å². The van der Waals surface area contributed by atoms with Crippen LogP contribution in [0.15, 0.2) is 0 Å². The molecule has 5 heteroatoms. The molecule has 0 radical (unpaired) electrons. The summed E-state index contributed by atoms with van der Waals surface area (Å²) in [5.41, 5.74) is 1.89. The molecule has 0 heterocycles. The number of halogens is 1. The van der Waals surface area contributed by atoms with Gasteiger partial charge in [0.25, 0.3) is 0 Å². The van der Waals surface area contributed by atoms with Crippen LogP contribution in [0.25, 0.3) is 0 Å². The molecule has 0 spiro atoms. The molecule has 0 rings (SSSR count). The van der Waals surface area contributed by atoms with Crippen molar-refractivity contribution in [2.75, 3.05) is 11.0 Å². The van der Waals surface area contributed by atoms with Crippen LogP contribution in [0.1, 0.15) is 62.3 Å². The van der Waals surface area contributed by atoms with Crippen LogP contribution in [0.4, 0.5) is 0 Å². The summed E-state index contributed by atoms with van der Waals surface area (Å²) in [5.74, 6) is 0. The maximum Gasteiger partial charge on any atom is 0.200 e. The average molecular weight is 473 g/mol. The predicted octanol–water partition coefficient (Wildman–Crippen LogP) is 7.00. The summed E-state index contributed by atoms with van der Waals surface area (Å²) < 4.78 is 14.4. The third kappa shape index (κ3) is 6.08. The van der Waals surface area contributed by atoms with Crippen molar-refractivity contribution in [2.45, 2.75) is 103 Å². The van der Waals surface area contributed by atoms with Gasteiger partial charge in [0.15, 0.2) is 16.6 Å². The molecule has 0 bridgehead atoms. The minimum atomic E-state index is -1.80. The van der Waals surface area contributed by atoms with E-state index in [1.807, 2.05) is 0 Å². The summed E-state index contributed by atoms with van der Waals surface area (Å²) in [6, 6.07) is 0. The second kappa shape index (κ2) is 9.15. The summed E-state index contributed by atoms with van der Waals surface area (Å²) in [5, 5.41) is 0.250. The minimum absolute atomic E-state index is 0.222. The molecule has 0 aliphatic carbocycles. The van der Waals surface area contributed by atoms with E-state index in [9.17, 15) is 0 Å². The number of hydrogen-bond donors (Lipinski definition) is 0. The lowest BCUT2D eigenvalue weighted by Crippen LogP contribution is -2.51. The van der Waals surface area contributed by atoms with Crippen molar-refractivity contribution < 1.29 is 8.85 Å². The van der Waals surface area contributed by atoms with E-state index >= 15 is 0 Å². The van der Waals surface area contributed by atoms with Gasteiger partial charge in [-0.1, -0.05) is 84.9 Å². The molecule has 0 aliphatic rings. The van der Waals surface area contributed by atoms with Crippen LogP contribution in [0.5, 0.6) is 0 Å². The molecule has 0 amide bonds. The average Bonchev–Trinajstić information content (AvgIpc) is 2.34. The normalized spacial score (nSPS) is 15.8. The van der Waals surface area contributed by atoms with Gasteiger partial charge in [0, 0.05) is 4.43 Å². The molecule has 0 saturated carbocycles. The van der Waals surface area contributed by atoms with Crippen LogP contribution < -0.4 is 0 Å². The molecule has 140 valence electrons. The van der Waals surface area contributed by atoms with Crippen LogP contribution in [-0.2, 0) is 8.85 Å². The first-order valence-corrected chi connectivity index (χ1v) is 15.7. The van der Waals surface area contributed by atoms with E-state index in [-0.39, 0.29) is 11.1 Å². The Hall–Kier alpha value is 1.08. The second-order valence-electron chi connectivity index (χ2n) is 9.28. The van der Waals surface area contributed by atoms with Gasteiger partial charge in [-0.05, 0) is 34.8 Å². The first kappa shape index (κ1) is 24.1. The molecular weight excluding hydrogens is 431 g/mol. The Labute approximate surface area is 161 Å². The SMILES string of the molecule is CC(C)[Si](OC[C@@H](CI)O[Si](C)(C)C(C)(C)C)(C(C)C)C(C)C. The zero-order chi connectivity index (χ0) is 18.6. The summed E-state index contributed by atoms with van der Waals surface area (Å²) in [6.07, 6.45) is 0.222. The first-order valence-electron chi connectivity index (χ1n) is 9.10. The highest BCUT2D eigenvalue weighted by Gasteiger charge is 2.46. The fourth-order valence-corrected chi connectivity index (χ4v) is 11.0. The molecule has 0 N–H and O–H groups in total. The van der Waals surface area contributed by atoms with Gasteiger partial charge in [-0.15, -0.1) is 0 Å². The Morgan fingerprint density at radius 2 is 1.26 bits per heavy atom. The van der Waals surface area contributed by atoms with Gasteiger partial charge in [-0.3, -0.25) is 0 Å². The van der Waals surface area contributed by atoms with E-state index in [1.165, 1.54) is 0 Å². The van der Waals surface area contributed by atoms with E-state index < -0.39 is 16.6 Å². The summed E-state index contributed by atoms with van der Waals surface area (Å²) in [7, 11) is -3.53. The fourth-order valence-electron chi connectivity index (χ4n) is 3.44.